The molecule has 3 N–H and O–H groups in total. The third-order valence-corrected chi connectivity index (χ3v) is 6.94. The fourth-order valence-electron chi connectivity index (χ4n) is 5.30. The third kappa shape index (κ3) is 5.66. The van der Waals surface area contributed by atoms with Crippen LogP contribution in [0.4, 0.5) is 4.79 Å². The minimum atomic E-state index is -1.13. The van der Waals surface area contributed by atoms with Crippen LogP contribution in [-0.4, -0.2) is 46.2 Å². The van der Waals surface area contributed by atoms with Crippen molar-refractivity contribution in [2.75, 3.05) is 6.61 Å². The monoisotopic (exact) mass is 500 g/mol. The highest BCUT2D eigenvalue weighted by atomic mass is 16.6. The van der Waals surface area contributed by atoms with E-state index in [1.165, 1.54) is 4.90 Å². The summed E-state index contributed by atoms with van der Waals surface area (Å²) in [6.45, 7) is 3.74. The van der Waals surface area contributed by atoms with E-state index in [1.807, 2.05) is 80.6 Å². The highest BCUT2D eigenvalue weighted by molar-refractivity contribution is 5.85. The number of fused-ring (bicyclic) bond motifs is 3. The molecule has 192 valence electrons. The minimum absolute atomic E-state index is 0.0786. The Morgan fingerprint density at radius 1 is 0.919 bits per heavy atom. The van der Waals surface area contributed by atoms with Gasteiger partial charge in [0.2, 0.25) is 5.91 Å². The highest BCUT2D eigenvalue weighted by Crippen LogP contribution is 2.44. The number of hydrogen-bond acceptors (Lipinski definition) is 4. The fraction of sp³-hybridized carbons (Fsp3) is 0.300. The number of ether oxygens (including phenoxy) is 1. The van der Waals surface area contributed by atoms with E-state index in [-0.39, 0.29) is 25.4 Å². The van der Waals surface area contributed by atoms with Gasteiger partial charge in [0.1, 0.15) is 12.6 Å². The number of carbonyl (C=O) groups excluding carboxylic acids is 2. The Labute approximate surface area is 216 Å². The Balaban J connectivity index is 1.62. The molecule has 0 fully saturated rings. The number of benzene rings is 3. The van der Waals surface area contributed by atoms with Crippen molar-refractivity contribution in [2.45, 2.75) is 50.6 Å². The Kier molecular flexibility index (Phi) is 7.62. The molecule has 0 aliphatic heterocycles. The Hall–Kier alpha value is -4.13. The summed E-state index contributed by atoms with van der Waals surface area (Å²) in [7, 11) is 0. The van der Waals surface area contributed by atoms with Gasteiger partial charge in [-0.15, -0.1) is 0 Å². The molecule has 0 saturated carbocycles. The molecule has 1 aliphatic carbocycles. The lowest BCUT2D eigenvalue weighted by Gasteiger charge is -2.42. The van der Waals surface area contributed by atoms with Crippen LogP contribution in [0.15, 0.2) is 78.9 Å². The molecule has 0 unspecified atom stereocenters. The van der Waals surface area contributed by atoms with Crippen LogP contribution in [-0.2, 0) is 20.7 Å². The SMILES string of the molecule is CC(C)(Cc1ccccc1)N(C(=O)OCC1c2ccccc2-c2ccccc21)[C@@H](CCC(=O)O)C(N)=O. The van der Waals surface area contributed by atoms with Gasteiger partial charge in [0, 0.05) is 17.9 Å². The van der Waals surface area contributed by atoms with Crippen LogP contribution in [0.2, 0.25) is 0 Å². The average molecular weight is 501 g/mol. The van der Waals surface area contributed by atoms with E-state index in [0.29, 0.717) is 6.42 Å². The van der Waals surface area contributed by atoms with Crippen molar-refractivity contribution in [3.63, 3.8) is 0 Å². The molecule has 0 radical (unpaired) electrons. The van der Waals surface area contributed by atoms with Crippen molar-refractivity contribution in [3.05, 3.63) is 95.6 Å². The summed E-state index contributed by atoms with van der Waals surface area (Å²) in [4.78, 5) is 38.9. The van der Waals surface area contributed by atoms with Crippen LogP contribution in [0.25, 0.3) is 11.1 Å². The molecular weight excluding hydrogens is 468 g/mol. The van der Waals surface area contributed by atoms with Crippen molar-refractivity contribution >= 4 is 18.0 Å². The summed E-state index contributed by atoms with van der Waals surface area (Å²) in [6.07, 6.45) is -0.679. The molecule has 1 aliphatic rings. The lowest BCUT2D eigenvalue weighted by Crippen LogP contribution is -2.58. The number of nitrogens with two attached hydrogens (primary N) is 1. The molecule has 4 rings (SSSR count). The van der Waals surface area contributed by atoms with Crippen LogP contribution in [0.5, 0.6) is 0 Å². The first-order chi connectivity index (χ1) is 17.7. The van der Waals surface area contributed by atoms with Crippen LogP contribution < -0.4 is 5.73 Å². The quantitative estimate of drug-likeness (QED) is 0.408. The van der Waals surface area contributed by atoms with Gasteiger partial charge in [0.15, 0.2) is 0 Å². The van der Waals surface area contributed by atoms with E-state index in [4.69, 9.17) is 10.5 Å². The van der Waals surface area contributed by atoms with Gasteiger partial charge in [-0.25, -0.2) is 4.79 Å². The summed E-state index contributed by atoms with van der Waals surface area (Å²) in [5.41, 5.74) is 10.2. The first-order valence-corrected chi connectivity index (χ1v) is 12.4. The summed E-state index contributed by atoms with van der Waals surface area (Å²) >= 11 is 0. The number of carboxylic acids is 1. The van der Waals surface area contributed by atoms with Crippen molar-refractivity contribution in [2.24, 2.45) is 5.73 Å². The summed E-state index contributed by atoms with van der Waals surface area (Å²) < 4.78 is 5.90. The zero-order chi connectivity index (χ0) is 26.6. The standard InChI is InChI=1S/C30H32N2O5/c1-30(2,18-20-10-4-3-5-11-20)32(26(28(31)35)16-17-27(33)34)29(36)37-19-25-23-14-8-6-12-21(23)22-13-7-9-15-24(22)25/h3-15,25-26H,16-19H2,1-2H3,(H2,31,35)(H,33,34)/t26-/m0/s1. The molecule has 3 aromatic rings. The number of primary amides is 1. The molecule has 2 amide bonds. The predicted molar refractivity (Wildman–Crippen MR) is 141 cm³/mol. The molecule has 1 atom stereocenters. The Morgan fingerprint density at radius 2 is 1.46 bits per heavy atom. The number of rotatable bonds is 10. The zero-order valence-electron chi connectivity index (χ0n) is 21.1. The maximum Gasteiger partial charge on any atom is 0.410 e. The van der Waals surface area contributed by atoms with Crippen LogP contribution >= 0.6 is 0 Å². The van der Waals surface area contributed by atoms with E-state index in [9.17, 15) is 19.5 Å². The van der Waals surface area contributed by atoms with E-state index >= 15 is 0 Å². The van der Waals surface area contributed by atoms with E-state index in [2.05, 4.69) is 12.1 Å². The molecule has 3 aromatic carbocycles. The first kappa shape index (κ1) is 25.9. The molecule has 7 nitrogen and oxygen atoms in total. The number of carboxylic acid groups (broad SMARTS) is 1. The summed E-state index contributed by atoms with van der Waals surface area (Å²) in [5.74, 6) is -1.99. The zero-order valence-corrected chi connectivity index (χ0v) is 21.1. The molecule has 0 bridgehead atoms. The second kappa shape index (κ2) is 10.9. The predicted octanol–water partition coefficient (Wildman–Crippen LogP) is 4.98. The van der Waals surface area contributed by atoms with Crippen molar-refractivity contribution in [3.8, 4) is 11.1 Å². The molecular formula is C30H32N2O5. The van der Waals surface area contributed by atoms with E-state index < -0.39 is 29.6 Å². The summed E-state index contributed by atoms with van der Waals surface area (Å²) in [6, 6.07) is 24.5. The maximum absolute atomic E-state index is 13.7. The van der Waals surface area contributed by atoms with Gasteiger partial charge in [0.25, 0.3) is 0 Å². The largest absolute Gasteiger partial charge is 0.481 e. The van der Waals surface area contributed by atoms with Crippen molar-refractivity contribution in [1.82, 2.24) is 4.90 Å². The molecule has 0 spiro atoms. The average Bonchev–Trinajstić information content (AvgIpc) is 3.18. The molecule has 0 heterocycles. The number of nitrogens with zero attached hydrogens (tertiary/aromatic N) is 1. The maximum atomic E-state index is 13.7. The first-order valence-electron chi connectivity index (χ1n) is 12.4. The number of amides is 2. The van der Waals surface area contributed by atoms with Gasteiger partial charge in [-0.05, 0) is 54.5 Å². The smallest absolute Gasteiger partial charge is 0.410 e. The van der Waals surface area contributed by atoms with Gasteiger partial charge in [0.05, 0.1) is 0 Å². The molecule has 0 aromatic heterocycles. The van der Waals surface area contributed by atoms with Crippen molar-refractivity contribution < 1.29 is 24.2 Å². The minimum Gasteiger partial charge on any atom is -0.481 e. The molecule has 37 heavy (non-hydrogen) atoms. The van der Waals surface area contributed by atoms with Gasteiger partial charge in [-0.3, -0.25) is 14.5 Å². The molecule has 7 heteroatoms. The lowest BCUT2D eigenvalue weighted by molar-refractivity contribution is -0.138. The fourth-order valence-corrected chi connectivity index (χ4v) is 5.30. The number of hydrogen-bond donors (Lipinski definition) is 2. The number of carbonyl (C=O) groups is 3. The second-order valence-corrected chi connectivity index (χ2v) is 10.00. The highest BCUT2D eigenvalue weighted by Gasteiger charge is 2.41. The lowest BCUT2D eigenvalue weighted by atomic mass is 9.90. The van der Waals surface area contributed by atoms with Crippen LogP contribution in [0.1, 0.15) is 49.3 Å². The van der Waals surface area contributed by atoms with Gasteiger partial charge >= 0.3 is 12.1 Å². The Morgan fingerprint density at radius 3 is 2.00 bits per heavy atom. The van der Waals surface area contributed by atoms with Gasteiger partial charge in [-0.1, -0.05) is 78.9 Å². The molecule has 0 saturated heterocycles. The topological polar surface area (TPSA) is 110 Å². The van der Waals surface area contributed by atoms with Crippen LogP contribution in [0.3, 0.4) is 0 Å². The van der Waals surface area contributed by atoms with E-state index in [1.54, 1.807) is 0 Å². The number of aliphatic carboxylic acids is 1. The third-order valence-electron chi connectivity index (χ3n) is 6.94. The van der Waals surface area contributed by atoms with E-state index in [0.717, 1.165) is 27.8 Å². The van der Waals surface area contributed by atoms with Crippen molar-refractivity contribution in [1.29, 1.82) is 0 Å². The Bertz CT molecular complexity index is 1240. The van der Waals surface area contributed by atoms with Gasteiger partial charge in [-0.2, -0.15) is 0 Å². The van der Waals surface area contributed by atoms with Crippen LogP contribution in [0, 0.1) is 0 Å². The second-order valence-electron chi connectivity index (χ2n) is 10.00. The normalized spacial score (nSPS) is 13.4. The van der Waals surface area contributed by atoms with Gasteiger partial charge < -0.3 is 15.6 Å². The summed E-state index contributed by atoms with van der Waals surface area (Å²) in [5, 5.41) is 9.25.